The summed E-state index contributed by atoms with van der Waals surface area (Å²) in [6.45, 7) is 0.440. The molecular formula is C16H18ClNO2. The molecule has 0 amide bonds. The Hall–Kier alpha value is -1.71. The molecule has 2 N–H and O–H groups in total. The number of benzene rings is 2. The molecule has 1 atom stereocenters. The van der Waals surface area contributed by atoms with Gasteiger partial charge in [0.2, 0.25) is 0 Å². The minimum atomic E-state index is -0.540. The first-order chi connectivity index (χ1) is 9.72. The molecule has 0 spiro atoms. The van der Waals surface area contributed by atoms with Crippen LogP contribution < -0.4 is 10.1 Å². The van der Waals surface area contributed by atoms with Crippen molar-refractivity contribution < 1.29 is 9.84 Å². The maximum absolute atomic E-state index is 9.45. The third kappa shape index (κ3) is 3.89. The van der Waals surface area contributed by atoms with Crippen LogP contribution in [-0.4, -0.2) is 30.7 Å². The number of hydrogen-bond acceptors (Lipinski definition) is 3. The summed E-state index contributed by atoms with van der Waals surface area (Å²) >= 11 is 5.57. The van der Waals surface area contributed by atoms with E-state index in [9.17, 15) is 5.11 Å². The second-order valence-electron chi connectivity index (χ2n) is 4.50. The molecule has 0 saturated carbocycles. The number of methoxy groups -OCH3 is 1. The minimum Gasteiger partial charge on any atom is -0.497 e. The van der Waals surface area contributed by atoms with Gasteiger partial charge in [-0.25, -0.2) is 0 Å². The topological polar surface area (TPSA) is 41.5 Å². The largest absolute Gasteiger partial charge is 0.497 e. The van der Waals surface area contributed by atoms with Crippen molar-refractivity contribution >= 4 is 17.3 Å². The normalized spacial score (nSPS) is 11.9. The highest BCUT2D eigenvalue weighted by Crippen LogP contribution is 2.24. The molecule has 0 aliphatic carbocycles. The number of aliphatic hydroxyl groups excluding tert-OH is 1. The molecule has 0 radical (unpaired) electrons. The average Bonchev–Trinajstić information content (AvgIpc) is 2.53. The Labute approximate surface area is 124 Å². The lowest BCUT2D eigenvalue weighted by atomic mass is 10.0. The fraction of sp³-hybridized carbons (Fsp3) is 0.250. The highest BCUT2D eigenvalue weighted by Gasteiger charge is 2.03. The van der Waals surface area contributed by atoms with Crippen molar-refractivity contribution in [3.63, 3.8) is 0 Å². The van der Waals surface area contributed by atoms with Gasteiger partial charge in [-0.2, -0.15) is 0 Å². The first kappa shape index (κ1) is 14.7. The summed E-state index contributed by atoms with van der Waals surface area (Å²) in [7, 11) is 1.65. The van der Waals surface area contributed by atoms with Crippen LogP contribution in [0, 0.1) is 0 Å². The molecule has 4 heteroatoms. The third-order valence-corrected chi connectivity index (χ3v) is 3.36. The maximum Gasteiger partial charge on any atom is 0.118 e. The zero-order chi connectivity index (χ0) is 14.4. The molecule has 0 saturated heterocycles. The van der Waals surface area contributed by atoms with Gasteiger partial charge in [0.15, 0.2) is 0 Å². The molecule has 0 aliphatic rings. The van der Waals surface area contributed by atoms with Crippen molar-refractivity contribution in [1.29, 1.82) is 0 Å². The molecular weight excluding hydrogens is 274 g/mol. The lowest BCUT2D eigenvalue weighted by Gasteiger charge is -2.11. The summed E-state index contributed by atoms with van der Waals surface area (Å²) in [5.74, 6) is 1.07. The zero-order valence-corrected chi connectivity index (χ0v) is 12.1. The van der Waals surface area contributed by atoms with Gasteiger partial charge >= 0.3 is 0 Å². The van der Waals surface area contributed by atoms with Gasteiger partial charge < -0.3 is 15.2 Å². The van der Waals surface area contributed by atoms with Gasteiger partial charge in [0, 0.05) is 12.2 Å². The van der Waals surface area contributed by atoms with Crippen LogP contribution in [0.25, 0.3) is 11.1 Å². The van der Waals surface area contributed by atoms with Crippen molar-refractivity contribution in [2.24, 2.45) is 0 Å². The second-order valence-corrected chi connectivity index (χ2v) is 4.81. The molecule has 0 fully saturated rings. The number of alkyl halides is 1. The molecule has 1 unspecified atom stereocenters. The SMILES string of the molecule is COc1ccc(-c2cccc(NCC(O)CCl)c2)cc1. The molecule has 3 nitrogen and oxygen atoms in total. The lowest BCUT2D eigenvalue weighted by molar-refractivity contribution is 0.211. The van der Waals surface area contributed by atoms with E-state index in [0.29, 0.717) is 6.54 Å². The van der Waals surface area contributed by atoms with Crippen molar-refractivity contribution in [2.45, 2.75) is 6.10 Å². The predicted molar refractivity (Wildman–Crippen MR) is 83.6 cm³/mol. The first-order valence-electron chi connectivity index (χ1n) is 6.45. The molecule has 0 bridgehead atoms. The average molecular weight is 292 g/mol. The number of halogens is 1. The van der Waals surface area contributed by atoms with Crippen LogP contribution in [-0.2, 0) is 0 Å². The summed E-state index contributed by atoms with van der Waals surface area (Å²) in [5.41, 5.74) is 3.19. The van der Waals surface area contributed by atoms with E-state index in [-0.39, 0.29) is 5.88 Å². The number of rotatable bonds is 6. The number of ether oxygens (including phenoxy) is 1. The van der Waals surface area contributed by atoms with Crippen LogP contribution in [0.3, 0.4) is 0 Å². The molecule has 0 aliphatic heterocycles. The standard InChI is InChI=1S/C16H18ClNO2/c1-20-16-7-5-12(6-8-16)13-3-2-4-14(9-13)18-11-15(19)10-17/h2-9,15,18-19H,10-11H2,1H3. The second kappa shape index (κ2) is 7.17. The molecule has 0 heterocycles. The summed E-state index contributed by atoms with van der Waals surface area (Å²) in [5, 5.41) is 12.6. The van der Waals surface area contributed by atoms with Crippen LogP contribution in [0.15, 0.2) is 48.5 Å². The van der Waals surface area contributed by atoms with Crippen molar-refractivity contribution in [1.82, 2.24) is 0 Å². The van der Waals surface area contributed by atoms with Crippen molar-refractivity contribution in [2.75, 3.05) is 24.9 Å². The number of nitrogens with one attached hydrogen (secondary N) is 1. The molecule has 0 aromatic heterocycles. The summed E-state index contributed by atoms with van der Waals surface area (Å²) < 4.78 is 5.15. The number of hydrogen-bond donors (Lipinski definition) is 2. The van der Waals surface area contributed by atoms with Gasteiger partial charge in [-0.15, -0.1) is 11.6 Å². The van der Waals surface area contributed by atoms with E-state index in [1.165, 1.54) is 0 Å². The molecule has 2 aromatic rings. The van der Waals surface area contributed by atoms with Crippen LogP contribution >= 0.6 is 11.6 Å². The molecule has 2 rings (SSSR count). The highest BCUT2D eigenvalue weighted by atomic mass is 35.5. The Morgan fingerprint density at radius 2 is 1.90 bits per heavy atom. The van der Waals surface area contributed by atoms with E-state index in [4.69, 9.17) is 16.3 Å². The van der Waals surface area contributed by atoms with Crippen molar-refractivity contribution in [3.05, 3.63) is 48.5 Å². The van der Waals surface area contributed by atoms with Gasteiger partial charge in [0.25, 0.3) is 0 Å². The molecule has 20 heavy (non-hydrogen) atoms. The third-order valence-electron chi connectivity index (χ3n) is 3.01. The van der Waals surface area contributed by atoms with E-state index in [1.807, 2.05) is 48.5 Å². The fourth-order valence-electron chi connectivity index (χ4n) is 1.88. The van der Waals surface area contributed by atoms with E-state index < -0.39 is 6.10 Å². The quantitative estimate of drug-likeness (QED) is 0.802. The van der Waals surface area contributed by atoms with Gasteiger partial charge in [0.05, 0.1) is 19.1 Å². The first-order valence-corrected chi connectivity index (χ1v) is 6.99. The molecule has 2 aromatic carbocycles. The maximum atomic E-state index is 9.45. The van der Waals surface area contributed by atoms with Gasteiger partial charge in [-0.1, -0.05) is 24.3 Å². The Morgan fingerprint density at radius 1 is 1.15 bits per heavy atom. The van der Waals surface area contributed by atoms with Gasteiger partial charge in [0.1, 0.15) is 5.75 Å². The summed E-state index contributed by atoms with van der Waals surface area (Å²) in [6.07, 6.45) is -0.540. The minimum absolute atomic E-state index is 0.227. The van der Waals surface area contributed by atoms with Crippen LogP contribution in [0.5, 0.6) is 5.75 Å². The lowest BCUT2D eigenvalue weighted by Crippen LogP contribution is -2.20. The van der Waals surface area contributed by atoms with Crippen LogP contribution in [0.1, 0.15) is 0 Å². The van der Waals surface area contributed by atoms with E-state index in [0.717, 1.165) is 22.6 Å². The van der Waals surface area contributed by atoms with Crippen molar-refractivity contribution in [3.8, 4) is 16.9 Å². The highest BCUT2D eigenvalue weighted by molar-refractivity contribution is 6.18. The number of anilines is 1. The van der Waals surface area contributed by atoms with Gasteiger partial charge in [-0.05, 0) is 35.4 Å². The Bertz CT molecular complexity index is 542. The van der Waals surface area contributed by atoms with Gasteiger partial charge in [-0.3, -0.25) is 0 Å². The van der Waals surface area contributed by atoms with E-state index in [2.05, 4.69) is 5.32 Å². The summed E-state index contributed by atoms with van der Waals surface area (Å²) in [6, 6.07) is 16.0. The van der Waals surface area contributed by atoms with E-state index >= 15 is 0 Å². The monoisotopic (exact) mass is 291 g/mol. The number of aliphatic hydroxyl groups is 1. The smallest absolute Gasteiger partial charge is 0.118 e. The van der Waals surface area contributed by atoms with Crippen LogP contribution in [0.4, 0.5) is 5.69 Å². The molecule has 106 valence electrons. The fourth-order valence-corrected chi connectivity index (χ4v) is 1.99. The Balaban J connectivity index is 2.12. The van der Waals surface area contributed by atoms with E-state index in [1.54, 1.807) is 7.11 Å². The predicted octanol–water partition coefficient (Wildman–Crippen LogP) is 3.37. The zero-order valence-electron chi connectivity index (χ0n) is 11.3. The van der Waals surface area contributed by atoms with Crippen LogP contribution in [0.2, 0.25) is 0 Å². The Morgan fingerprint density at radius 3 is 2.55 bits per heavy atom. The summed E-state index contributed by atoms with van der Waals surface area (Å²) in [4.78, 5) is 0. The Kier molecular flexibility index (Phi) is 5.27.